The molecule has 0 aliphatic rings. The number of hydrogen-bond acceptors (Lipinski definition) is 13. The third kappa shape index (κ3) is 69.5. The zero-order valence-corrected chi connectivity index (χ0v) is 65.3. The van der Waals surface area contributed by atoms with Crippen LogP contribution in [-0.2, 0) is 33.2 Å². The van der Waals surface area contributed by atoms with Crippen molar-refractivity contribution in [3.8, 4) is 0 Å². The molecule has 0 aromatic heterocycles. The lowest BCUT2D eigenvalue weighted by Crippen LogP contribution is -2.46. The molecule has 7 nitrogen and oxygen atoms in total. The SMILES string of the molecule is CCCCCCCCSCCCOCC(COCCCSCCCCCCCC)(COCCCSCCCCCCCC)COCC(COCCCSCCCCCCCC)(COCCCSCCCCCCCC)COCCCSCCCCCCCC. The van der Waals surface area contributed by atoms with Crippen molar-refractivity contribution in [1.82, 2.24) is 0 Å². The van der Waals surface area contributed by atoms with Gasteiger partial charge in [0, 0.05) is 39.6 Å². The Kier molecular flexibility index (Phi) is 80.4. The second kappa shape index (κ2) is 78.8. The van der Waals surface area contributed by atoms with E-state index in [9.17, 15) is 0 Å². The Balaban J connectivity index is 6.48. The Morgan fingerprint density at radius 2 is 0.292 bits per heavy atom. The van der Waals surface area contributed by atoms with Crippen LogP contribution < -0.4 is 0 Å². The summed E-state index contributed by atoms with van der Waals surface area (Å²) in [6, 6.07) is 0. The molecule has 0 radical (unpaired) electrons. The topological polar surface area (TPSA) is 64.6 Å². The van der Waals surface area contributed by atoms with E-state index in [2.05, 4.69) is 112 Å². The molecular weight excluding hydrogens is 1220 g/mol. The molecule has 0 amide bonds. The van der Waals surface area contributed by atoms with Gasteiger partial charge in [0.2, 0.25) is 0 Å². The van der Waals surface area contributed by atoms with Crippen LogP contribution in [0.4, 0.5) is 0 Å². The molecule has 0 aromatic rings. The second-order valence-corrected chi connectivity index (χ2v) is 33.6. The van der Waals surface area contributed by atoms with Crippen LogP contribution in [0.25, 0.3) is 0 Å². The lowest BCUT2D eigenvalue weighted by molar-refractivity contribution is -0.142. The molecule has 0 aliphatic heterocycles. The van der Waals surface area contributed by atoms with Gasteiger partial charge in [-0.2, -0.15) is 70.6 Å². The molecule has 13 heteroatoms. The van der Waals surface area contributed by atoms with Gasteiger partial charge in [0.15, 0.2) is 0 Å². The largest absolute Gasteiger partial charge is 0.381 e. The fourth-order valence-electron chi connectivity index (χ4n) is 10.8. The molecule has 0 spiro atoms. The molecule has 0 unspecified atom stereocenters. The Morgan fingerprint density at radius 1 is 0.157 bits per heavy atom. The molecule has 0 bridgehead atoms. The van der Waals surface area contributed by atoms with E-state index in [1.165, 1.54) is 266 Å². The quantitative estimate of drug-likeness (QED) is 0.0544. The van der Waals surface area contributed by atoms with Gasteiger partial charge in [0.05, 0.1) is 63.7 Å². The first-order valence-electron chi connectivity index (χ1n) is 38.6. The lowest BCUT2D eigenvalue weighted by atomic mass is 9.90. The van der Waals surface area contributed by atoms with Crippen molar-refractivity contribution >= 4 is 70.6 Å². The molecule has 0 heterocycles. The van der Waals surface area contributed by atoms with Gasteiger partial charge in [-0.25, -0.2) is 0 Å². The number of unbranched alkanes of at least 4 members (excludes halogenated alkanes) is 30. The van der Waals surface area contributed by atoms with Crippen LogP contribution in [0.2, 0.25) is 0 Å². The summed E-state index contributed by atoms with van der Waals surface area (Å²) < 4.78 is 47.8. The third-order valence-corrected chi connectivity index (χ3v) is 23.5. The number of rotatable bonds is 82. The van der Waals surface area contributed by atoms with E-state index in [0.29, 0.717) is 52.9 Å². The Labute approximate surface area is 583 Å². The molecule has 0 rings (SSSR count). The average molecular weight is 1370 g/mol. The van der Waals surface area contributed by atoms with Crippen molar-refractivity contribution in [2.45, 2.75) is 311 Å². The average Bonchev–Trinajstić information content (AvgIpc) is 3.59. The van der Waals surface area contributed by atoms with E-state index in [1.54, 1.807) is 0 Å². The summed E-state index contributed by atoms with van der Waals surface area (Å²) in [6.45, 7) is 22.7. The minimum Gasteiger partial charge on any atom is -0.381 e. The maximum absolute atomic E-state index is 7.21. The summed E-state index contributed by atoms with van der Waals surface area (Å²) in [7, 11) is 0. The maximum atomic E-state index is 7.21. The van der Waals surface area contributed by atoms with Crippen molar-refractivity contribution in [2.75, 3.05) is 162 Å². The molecule has 0 fully saturated rings. The highest BCUT2D eigenvalue weighted by atomic mass is 32.2. The van der Waals surface area contributed by atoms with Crippen LogP contribution in [-0.4, -0.2) is 162 Å². The summed E-state index contributed by atoms with van der Waals surface area (Å²) >= 11 is 12.6. The first kappa shape index (κ1) is 90.8. The lowest BCUT2D eigenvalue weighted by Gasteiger charge is -2.37. The van der Waals surface area contributed by atoms with Crippen LogP contribution in [0, 0.1) is 10.8 Å². The monoisotopic (exact) mass is 1370 g/mol. The van der Waals surface area contributed by atoms with E-state index in [0.717, 1.165) is 113 Å². The van der Waals surface area contributed by atoms with Crippen molar-refractivity contribution in [1.29, 1.82) is 0 Å². The van der Waals surface area contributed by atoms with E-state index in [1.807, 2.05) is 0 Å². The smallest absolute Gasteiger partial charge is 0.0637 e. The zero-order chi connectivity index (χ0) is 64.3. The highest BCUT2D eigenvalue weighted by Gasteiger charge is 2.37. The van der Waals surface area contributed by atoms with Crippen molar-refractivity contribution in [3.05, 3.63) is 0 Å². The molecule has 0 atom stereocenters. The highest BCUT2D eigenvalue weighted by Crippen LogP contribution is 2.28. The van der Waals surface area contributed by atoms with Gasteiger partial charge in [-0.15, -0.1) is 0 Å². The summed E-state index contributed by atoms with van der Waals surface area (Å²) in [5, 5.41) is 0. The predicted octanol–water partition coefficient (Wildman–Crippen LogP) is 24.0. The van der Waals surface area contributed by atoms with E-state index in [4.69, 9.17) is 33.2 Å². The van der Waals surface area contributed by atoms with E-state index in [-0.39, 0.29) is 0 Å². The minimum atomic E-state index is -0.440. The first-order chi connectivity index (χ1) is 44.1. The van der Waals surface area contributed by atoms with E-state index >= 15 is 0 Å². The third-order valence-electron chi connectivity index (χ3n) is 16.6. The van der Waals surface area contributed by atoms with Gasteiger partial charge < -0.3 is 33.2 Å². The molecule has 0 aromatic carbocycles. The molecule has 0 saturated heterocycles. The molecular formula is C76H154O7S6. The first-order valence-corrected chi connectivity index (χ1v) is 45.5. The summed E-state index contributed by atoms with van der Waals surface area (Å²) in [6.07, 6.45) is 55.3. The molecule has 0 saturated carbocycles. The highest BCUT2D eigenvalue weighted by molar-refractivity contribution is 8.00. The normalized spacial score (nSPS) is 12.2. The zero-order valence-electron chi connectivity index (χ0n) is 60.4. The van der Waals surface area contributed by atoms with Crippen LogP contribution in [0.3, 0.4) is 0 Å². The molecule has 0 N–H and O–H groups in total. The number of hydrogen-bond donors (Lipinski definition) is 0. The van der Waals surface area contributed by atoms with Gasteiger partial charge >= 0.3 is 0 Å². The van der Waals surface area contributed by atoms with Crippen molar-refractivity contribution < 1.29 is 33.2 Å². The fraction of sp³-hybridized carbons (Fsp3) is 1.00. The van der Waals surface area contributed by atoms with Crippen molar-refractivity contribution in [3.63, 3.8) is 0 Å². The van der Waals surface area contributed by atoms with Crippen LogP contribution >= 0.6 is 70.6 Å². The predicted molar refractivity (Wildman–Crippen MR) is 413 cm³/mol. The maximum Gasteiger partial charge on any atom is 0.0637 e. The van der Waals surface area contributed by atoms with Gasteiger partial charge in [-0.3, -0.25) is 0 Å². The summed E-state index contributed by atoms with van der Waals surface area (Å²) in [5.74, 6) is 14.4. The number of thioether (sulfide) groups is 6. The van der Waals surface area contributed by atoms with E-state index < -0.39 is 10.8 Å². The van der Waals surface area contributed by atoms with Crippen LogP contribution in [0.5, 0.6) is 0 Å². The second-order valence-electron chi connectivity index (χ2n) is 26.2. The van der Waals surface area contributed by atoms with Crippen molar-refractivity contribution in [2.24, 2.45) is 10.8 Å². The number of ether oxygens (including phenoxy) is 7. The Bertz CT molecular complexity index is 1050. The molecule has 536 valence electrons. The van der Waals surface area contributed by atoms with Gasteiger partial charge in [-0.05, 0) is 146 Å². The van der Waals surface area contributed by atoms with Crippen LogP contribution in [0.1, 0.15) is 311 Å². The Hall–Kier alpha value is 1.82. The fourth-order valence-corrected chi connectivity index (χ4v) is 16.4. The van der Waals surface area contributed by atoms with Crippen LogP contribution in [0.15, 0.2) is 0 Å². The van der Waals surface area contributed by atoms with Gasteiger partial charge in [0.1, 0.15) is 0 Å². The molecule has 89 heavy (non-hydrogen) atoms. The van der Waals surface area contributed by atoms with Gasteiger partial charge in [-0.1, -0.05) is 234 Å². The Morgan fingerprint density at radius 3 is 0.461 bits per heavy atom. The minimum absolute atomic E-state index is 0.440. The molecule has 0 aliphatic carbocycles. The summed E-state index contributed by atoms with van der Waals surface area (Å²) in [4.78, 5) is 0. The van der Waals surface area contributed by atoms with Gasteiger partial charge in [0.25, 0.3) is 0 Å². The standard InChI is InChI=1S/C76H154O7S6/c1-7-13-19-25-31-37-55-84-61-43-49-77-67-75(68-78-50-44-62-85-56-38-32-26-20-14-8-2,69-79-51-45-63-86-57-39-33-27-21-15-9-3)73-83-74-76(70-80-52-46-64-87-58-40-34-28-22-16-10-4,71-81-53-47-65-88-59-41-35-29-23-17-11-5)72-82-54-48-66-89-60-42-36-30-24-18-12-6/h7-74H2,1-6H3. The summed E-state index contributed by atoms with van der Waals surface area (Å²) in [5.41, 5.74) is -0.879.